The molecule has 0 saturated heterocycles. The van der Waals surface area contributed by atoms with Gasteiger partial charge in [0.2, 0.25) is 0 Å². The van der Waals surface area contributed by atoms with Crippen molar-refractivity contribution in [3.8, 4) is 0 Å². The minimum atomic E-state index is 0.706. The Morgan fingerprint density at radius 3 is 2.10 bits per heavy atom. The number of thiocarbonyl (C=S) groups is 1. The Bertz CT molecular complexity index is 1020. The molecule has 0 atom stereocenters. The standard InChI is InChI=1S/C26H25ClN2S/c1-29(26(30)28-22-16-14-21(27)15-17-22)18-6-11-25-23-9-4-2-7-19(23)12-13-20-8-3-5-10-24(20)25/h2-5,7-11,14-17H,6,12-13,18H2,1H3,(H,28,30). The van der Waals surface area contributed by atoms with Crippen LogP contribution in [0.4, 0.5) is 5.69 Å². The predicted octanol–water partition coefficient (Wildman–Crippen LogP) is 6.59. The van der Waals surface area contributed by atoms with Crippen molar-refractivity contribution in [2.45, 2.75) is 19.3 Å². The summed E-state index contributed by atoms with van der Waals surface area (Å²) >= 11 is 11.5. The van der Waals surface area contributed by atoms with Gasteiger partial charge in [-0.15, -0.1) is 0 Å². The zero-order chi connectivity index (χ0) is 20.9. The summed E-state index contributed by atoms with van der Waals surface area (Å²) < 4.78 is 0. The van der Waals surface area contributed by atoms with Crippen LogP contribution < -0.4 is 5.32 Å². The van der Waals surface area contributed by atoms with Crippen LogP contribution in [0.3, 0.4) is 0 Å². The van der Waals surface area contributed by atoms with Gasteiger partial charge in [-0.1, -0.05) is 66.2 Å². The maximum absolute atomic E-state index is 5.96. The largest absolute Gasteiger partial charge is 0.352 e. The molecule has 1 aliphatic carbocycles. The van der Waals surface area contributed by atoms with E-state index in [2.05, 4.69) is 64.8 Å². The minimum absolute atomic E-state index is 0.706. The maximum Gasteiger partial charge on any atom is 0.173 e. The Labute approximate surface area is 189 Å². The molecule has 0 unspecified atom stereocenters. The predicted molar refractivity (Wildman–Crippen MR) is 132 cm³/mol. The lowest BCUT2D eigenvalue weighted by atomic mass is 9.93. The topological polar surface area (TPSA) is 15.3 Å². The summed E-state index contributed by atoms with van der Waals surface area (Å²) in [5, 5.41) is 4.70. The first-order chi connectivity index (χ1) is 14.6. The Morgan fingerprint density at radius 2 is 1.50 bits per heavy atom. The molecule has 0 fully saturated rings. The van der Waals surface area contributed by atoms with Crippen LogP contribution in [0.25, 0.3) is 5.57 Å². The molecule has 1 aliphatic rings. The summed E-state index contributed by atoms with van der Waals surface area (Å²) in [5.74, 6) is 0. The first kappa shape index (κ1) is 20.6. The molecule has 3 aromatic carbocycles. The van der Waals surface area contributed by atoms with Gasteiger partial charge >= 0.3 is 0 Å². The first-order valence-corrected chi connectivity index (χ1v) is 11.0. The fourth-order valence-electron chi connectivity index (χ4n) is 3.89. The fraction of sp³-hybridized carbons (Fsp3) is 0.192. The summed E-state index contributed by atoms with van der Waals surface area (Å²) in [6.07, 6.45) is 5.44. The molecule has 0 radical (unpaired) electrons. The van der Waals surface area contributed by atoms with Gasteiger partial charge in [0.15, 0.2) is 5.11 Å². The van der Waals surface area contributed by atoms with Gasteiger partial charge in [-0.05, 0) is 83.6 Å². The quantitative estimate of drug-likeness (QED) is 0.468. The van der Waals surface area contributed by atoms with E-state index in [1.807, 2.05) is 31.3 Å². The second-order valence-electron chi connectivity index (χ2n) is 7.58. The smallest absolute Gasteiger partial charge is 0.173 e. The number of halogens is 1. The van der Waals surface area contributed by atoms with Crippen LogP contribution >= 0.6 is 23.8 Å². The number of nitrogens with one attached hydrogen (secondary N) is 1. The molecule has 4 rings (SSSR count). The Hall–Kier alpha value is -2.62. The summed E-state index contributed by atoms with van der Waals surface area (Å²) in [6.45, 7) is 0.841. The lowest BCUT2D eigenvalue weighted by Gasteiger charge is -2.21. The average molecular weight is 433 g/mol. The number of fused-ring (bicyclic) bond motifs is 2. The molecule has 3 aromatic rings. The summed E-state index contributed by atoms with van der Waals surface area (Å²) in [7, 11) is 2.03. The van der Waals surface area contributed by atoms with E-state index in [0.29, 0.717) is 5.11 Å². The molecular formula is C26H25ClN2S. The van der Waals surface area contributed by atoms with Crippen LogP contribution in [0.15, 0.2) is 78.9 Å². The van der Waals surface area contributed by atoms with E-state index in [9.17, 15) is 0 Å². The van der Waals surface area contributed by atoms with E-state index >= 15 is 0 Å². The van der Waals surface area contributed by atoms with Crippen LogP contribution in [0.1, 0.15) is 28.7 Å². The van der Waals surface area contributed by atoms with Gasteiger partial charge in [0, 0.05) is 24.3 Å². The zero-order valence-electron chi connectivity index (χ0n) is 17.1. The van der Waals surface area contributed by atoms with Gasteiger partial charge in [0.1, 0.15) is 0 Å². The minimum Gasteiger partial charge on any atom is -0.352 e. The van der Waals surface area contributed by atoms with Crippen molar-refractivity contribution in [3.05, 3.63) is 106 Å². The van der Waals surface area contributed by atoms with Crippen LogP contribution in [0, 0.1) is 0 Å². The molecule has 0 saturated carbocycles. The third-order valence-corrected chi connectivity index (χ3v) is 6.20. The molecule has 0 amide bonds. The number of nitrogens with zero attached hydrogens (tertiary/aromatic N) is 1. The molecule has 4 heteroatoms. The summed E-state index contributed by atoms with van der Waals surface area (Å²) in [4.78, 5) is 2.08. The molecule has 0 aliphatic heterocycles. The normalized spacial score (nSPS) is 12.4. The number of aryl methyl sites for hydroxylation is 2. The highest BCUT2D eigenvalue weighted by molar-refractivity contribution is 7.80. The van der Waals surface area contributed by atoms with Crippen molar-refractivity contribution in [2.75, 3.05) is 18.9 Å². The van der Waals surface area contributed by atoms with E-state index in [-0.39, 0.29) is 0 Å². The van der Waals surface area contributed by atoms with E-state index in [1.165, 1.54) is 27.8 Å². The van der Waals surface area contributed by atoms with Crippen LogP contribution in [0.5, 0.6) is 0 Å². The maximum atomic E-state index is 5.96. The van der Waals surface area contributed by atoms with E-state index in [1.54, 1.807) is 0 Å². The lowest BCUT2D eigenvalue weighted by Crippen LogP contribution is -2.31. The van der Waals surface area contributed by atoms with Gasteiger partial charge in [-0.3, -0.25) is 0 Å². The first-order valence-electron chi connectivity index (χ1n) is 10.3. The third kappa shape index (κ3) is 4.75. The molecular weight excluding hydrogens is 408 g/mol. The van der Waals surface area contributed by atoms with Gasteiger partial charge in [-0.25, -0.2) is 0 Å². The Balaban J connectivity index is 1.49. The molecule has 0 spiro atoms. The van der Waals surface area contributed by atoms with Gasteiger partial charge in [0.25, 0.3) is 0 Å². The Kier molecular flexibility index (Phi) is 6.51. The molecule has 0 heterocycles. The highest BCUT2D eigenvalue weighted by Gasteiger charge is 2.17. The number of anilines is 1. The van der Waals surface area contributed by atoms with Crippen molar-refractivity contribution in [2.24, 2.45) is 0 Å². The summed E-state index contributed by atoms with van der Waals surface area (Å²) in [6, 6.07) is 25.2. The molecule has 152 valence electrons. The Morgan fingerprint density at radius 1 is 0.933 bits per heavy atom. The van der Waals surface area contributed by atoms with Crippen LogP contribution in [-0.2, 0) is 12.8 Å². The molecule has 2 nitrogen and oxygen atoms in total. The van der Waals surface area contributed by atoms with Gasteiger partial charge < -0.3 is 10.2 Å². The van der Waals surface area contributed by atoms with Crippen LogP contribution in [-0.4, -0.2) is 23.6 Å². The van der Waals surface area contributed by atoms with Crippen molar-refractivity contribution >= 4 is 40.2 Å². The third-order valence-electron chi connectivity index (χ3n) is 5.53. The van der Waals surface area contributed by atoms with Gasteiger partial charge in [0.05, 0.1) is 0 Å². The van der Waals surface area contributed by atoms with Crippen LogP contribution in [0.2, 0.25) is 5.02 Å². The fourth-order valence-corrected chi connectivity index (χ4v) is 4.23. The average Bonchev–Trinajstić information content (AvgIpc) is 2.92. The van der Waals surface area contributed by atoms with E-state index < -0.39 is 0 Å². The number of hydrogen-bond donors (Lipinski definition) is 1. The lowest BCUT2D eigenvalue weighted by molar-refractivity contribution is 0.521. The molecule has 0 bridgehead atoms. The SMILES string of the molecule is CN(CCC=C1c2ccccc2CCc2ccccc21)C(=S)Nc1ccc(Cl)cc1. The monoisotopic (exact) mass is 432 g/mol. The van der Waals surface area contributed by atoms with E-state index in [0.717, 1.165) is 36.5 Å². The second-order valence-corrected chi connectivity index (χ2v) is 8.40. The molecule has 30 heavy (non-hydrogen) atoms. The number of rotatable bonds is 4. The van der Waals surface area contributed by atoms with Crippen molar-refractivity contribution < 1.29 is 0 Å². The highest BCUT2D eigenvalue weighted by atomic mass is 35.5. The van der Waals surface area contributed by atoms with Crippen molar-refractivity contribution in [3.63, 3.8) is 0 Å². The van der Waals surface area contributed by atoms with Crippen molar-refractivity contribution in [1.82, 2.24) is 4.90 Å². The zero-order valence-corrected chi connectivity index (χ0v) is 18.6. The summed E-state index contributed by atoms with van der Waals surface area (Å²) in [5.41, 5.74) is 7.84. The highest BCUT2D eigenvalue weighted by Crippen LogP contribution is 2.33. The number of benzene rings is 3. The molecule has 0 aromatic heterocycles. The van der Waals surface area contributed by atoms with Gasteiger partial charge in [-0.2, -0.15) is 0 Å². The molecule has 1 N–H and O–H groups in total. The second kappa shape index (κ2) is 9.46. The van der Waals surface area contributed by atoms with Crippen molar-refractivity contribution in [1.29, 1.82) is 0 Å². The van der Waals surface area contributed by atoms with E-state index in [4.69, 9.17) is 23.8 Å². The number of hydrogen-bond acceptors (Lipinski definition) is 1.